The van der Waals surface area contributed by atoms with Crippen LogP contribution in [0.4, 0.5) is 11.4 Å². The fourth-order valence-electron chi connectivity index (χ4n) is 4.18. The first-order chi connectivity index (χ1) is 14.0. The topological polar surface area (TPSA) is 78.5 Å². The average molecular weight is 391 g/mol. The first-order valence-electron chi connectivity index (χ1n) is 10.1. The smallest absolute Gasteiger partial charge is 0.266 e. The Morgan fingerprint density at radius 3 is 2.52 bits per heavy atom. The molecular weight excluding hydrogens is 366 g/mol. The number of anilines is 2. The van der Waals surface area contributed by atoms with Crippen molar-refractivity contribution in [1.82, 2.24) is 5.32 Å². The van der Waals surface area contributed by atoms with Gasteiger partial charge in [-0.15, -0.1) is 0 Å². The van der Waals surface area contributed by atoms with Gasteiger partial charge in [0.15, 0.2) is 0 Å². The van der Waals surface area contributed by atoms with Gasteiger partial charge in [-0.3, -0.25) is 14.4 Å². The lowest BCUT2D eigenvalue weighted by Crippen LogP contribution is -2.34. The van der Waals surface area contributed by atoms with E-state index in [2.05, 4.69) is 17.6 Å². The number of nitrogens with one attached hydrogen (secondary N) is 2. The van der Waals surface area contributed by atoms with Crippen molar-refractivity contribution >= 4 is 29.1 Å². The molecule has 2 atom stereocenters. The Hall–Kier alpha value is -2.99. The van der Waals surface area contributed by atoms with Crippen LogP contribution in [0.15, 0.2) is 48.5 Å². The number of benzene rings is 2. The van der Waals surface area contributed by atoms with E-state index in [1.54, 1.807) is 48.5 Å². The highest BCUT2D eigenvalue weighted by molar-refractivity contribution is 6.34. The zero-order chi connectivity index (χ0) is 20.4. The minimum absolute atomic E-state index is 0.0532. The SMILES string of the molecule is CC(CC(=O)Nc1cccc(N2C(=O)c3ccccc3C2=O)c1)C1CCCNC1. The molecule has 0 radical (unpaired) electrons. The Balaban J connectivity index is 1.45. The Kier molecular flexibility index (Phi) is 5.45. The summed E-state index contributed by atoms with van der Waals surface area (Å²) in [5.41, 5.74) is 1.85. The Morgan fingerprint density at radius 1 is 1.14 bits per heavy atom. The summed E-state index contributed by atoms with van der Waals surface area (Å²) in [5, 5.41) is 6.31. The van der Waals surface area contributed by atoms with E-state index in [0.29, 0.717) is 40.8 Å². The molecular formula is C23H25N3O3. The number of nitrogens with zero attached hydrogens (tertiary/aromatic N) is 1. The third kappa shape index (κ3) is 3.93. The second-order valence-electron chi connectivity index (χ2n) is 7.88. The summed E-state index contributed by atoms with van der Waals surface area (Å²) >= 11 is 0. The van der Waals surface area contributed by atoms with Crippen LogP contribution in [-0.4, -0.2) is 30.8 Å². The minimum atomic E-state index is -0.340. The van der Waals surface area contributed by atoms with E-state index in [-0.39, 0.29) is 17.7 Å². The summed E-state index contributed by atoms with van der Waals surface area (Å²) in [7, 11) is 0. The molecule has 0 aliphatic carbocycles. The van der Waals surface area contributed by atoms with Crippen molar-refractivity contribution in [2.24, 2.45) is 11.8 Å². The number of rotatable bonds is 5. The minimum Gasteiger partial charge on any atom is -0.326 e. The highest BCUT2D eigenvalue weighted by atomic mass is 16.2. The predicted octanol–water partition coefficient (Wildman–Crippen LogP) is 3.45. The molecule has 4 rings (SSSR count). The molecule has 0 aromatic heterocycles. The van der Waals surface area contributed by atoms with Crippen LogP contribution in [0.1, 0.15) is 46.9 Å². The molecule has 29 heavy (non-hydrogen) atoms. The molecule has 6 heteroatoms. The number of hydrogen-bond acceptors (Lipinski definition) is 4. The van der Waals surface area contributed by atoms with Crippen LogP contribution >= 0.6 is 0 Å². The lowest BCUT2D eigenvalue weighted by atomic mass is 9.85. The third-order valence-corrected chi connectivity index (χ3v) is 5.83. The number of carbonyl (C=O) groups is 3. The molecule has 0 saturated carbocycles. The van der Waals surface area contributed by atoms with Gasteiger partial charge in [0.05, 0.1) is 16.8 Å². The molecule has 2 heterocycles. The molecule has 1 fully saturated rings. The Bertz CT molecular complexity index is 915. The van der Waals surface area contributed by atoms with Gasteiger partial charge in [0, 0.05) is 12.1 Å². The summed E-state index contributed by atoms with van der Waals surface area (Å²) in [4.78, 5) is 39.0. The first kappa shape index (κ1) is 19.3. The molecule has 2 aromatic rings. The van der Waals surface area contributed by atoms with Crippen LogP contribution in [0.2, 0.25) is 0 Å². The highest BCUT2D eigenvalue weighted by Crippen LogP contribution is 2.30. The van der Waals surface area contributed by atoms with Crippen LogP contribution in [0.3, 0.4) is 0 Å². The Morgan fingerprint density at radius 2 is 1.86 bits per heavy atom. The van der Waals surface area contributed by atoms with Gasteiger partial charge in [-0.05, 0) is 68.1 Å². The van der Waals surface area contributed by atoms with E-state index in [4.69, 9.17) is 0 Å². The maximum absolute atomic E-state index is 12.7. The standard InChI is InChI=1S/C23H25N3O3/c1-15(16-6-5-11-24-14-16)12-21(27)25-17-7-4-8-18(13-17)26-22(28)19-9-2-3-10-20(19)23(26)29/h2-4,7-10,13,15-16,24H,5-6,11-12,14H2,1H3,(H,25,27). The number of carbonyl (C=O) groups excluding carboxylic acids is 3. The molecule has 150 valence electrons. The summed E-state index contributed by atoms with van der Waals surface area (Å²) in [6, 6.07) is 13.7. The molecule has 0 bridgehead atoms. The summed E-state index contributed by atoms with van der Waals surface area (Å²) in [6.07, 6.45) is 2.75. The van der Waals surface area contributed by atoms with Crippen molar-refractivity contribution in [2.45, 2.75) is 26.2 Å². The van der Waals surface area contributed by atoms with Crippen molar-refractivity contribution in [3.8, 4) is 0 Å². The van der Waals surface area contributed by atoms with Gasteiger partial charge in [-0.2, -0.15) is 0 Å². The molecule has 1 saturated heterocycles. The van der Waals surface area contributed by atoms with Crippen LogP contribution < -0.4 is 15.5 Å². The van der Waals surface area contributed by atoms with Gasteiger partial charge in [0.2, 0.25) is 5.91 Å². The lowest BCUT2D eigenvalue weighted by molar-refractivity contribution is -0.117. The normalized spacial score (nSPS) is 19.8. The second kappa shape index (κ2) is 8.17. The zero-order valence-electron chi connectivity index (χ0n) is 16.5. The van der Waals surface area contributed by atoms with Gasteiger partial charge in [-0.1, -0.05) is 25.1 Å². The third-order valence-electron chi connectivity index (χ3n) is 5.83. The summed E-state index contributed by atoms with van der Waals surface area (Å²) < 4.78 is 0. The van der Waals surface area contributed by atoms with Gasteiger partial charge < -0.3 is 10.6 Å². The number of fused-ring (bicyclic) bond motifs is 1. The van der Waals surface area contributed by atoms with Crippen molar-refractivity contribution in [3.05, 3.63) is 59.7 Å². The van der Waals surface area contributed by atoms with Crippen LogP contribution in [0.5, 0.6) is 0 Å². The van der Waals surface area contributed by atoms with Crippen LogP contribution in [0, 0.1) is 11.8 Å². The molecule has 2 aliphatic heterocycles. The van der Waals surface area contributed by atoms with Crippen LogP contribution in [0.25, 0.3) is 0 Å². The van der Waals surface area contributed by atoms with Crippen molar-refractivity contribution in [3.63, 3.8) is 0 Å². The summed E-state index contributed by atoms with van der Waals surface area (Å²) in [6.45, 7) is 4.14. The van der Waals surface area contributed by atoms with Gasteiger partial charge in [-0.25, -0.2) is 4.90 Å². The molecule has 2 aromatic carbocycles. The van der Waals surface area contributed by atoms with E-state index in [9.17, 15) is 14.4 Å². The average Bonchev–Trinajstić information content (AvgIpc) is 2.99. The second-order valence-corrected chi connectivity index (χ2v) is 7.88. The molecule has 2 aliphatic rings. The lowest BCUT2D eigenvalue weighted by Gasteiger charge is -2.28. The maximum Gasteiger partial charge on any atom is 0.266 e. The van der Waals surface area contributed by atoms with Gasteiger partial charge in [0.25, 0.3) is 11.8 Å². The van der Waals surface area contributed by atoms with Crippen molar-refractivity contribution in [1.29, 1.82) is 0 Å². The van der Waals surface area contributed by atoms with Crippen molar-refractivity contribution in [2.75, 3.05) is 23.3 Å². The van der Waals surface area contributed by atoms with Gasteiger partial charge >= 0.3 is 0 Å². The molecule has 0 spiro atoms. The number of hydrogen-bond donors (Lipinski definition) is 2. The molecule has 3 amide bonds. The predicted molar refractivity (Wildman–Crippen MR) is 112 cm³/mol. The number of imide groups is 1. The van der Waals surface area contributed by atoms with E-state index < -0.39 is 0 Å². The van der Waals surface area contributed by atoms with Crippen molar-refractivity contribution < 1.29 is 14.4 Å². The molecule has 2 unspecified atom stereocenters. The maximum atomic E-state index is 12.7. The van der Waals surface area contributed by atoms with E-state index >= 15 is 0 Å². The first-order valence-corrected chi connectivity index (χ1v) is 10.1. The highest BCUT2D eigenvalue weighted by Gasteiger charge is 2.36. The largest absolute Gasteiger partial charge is 0.326 e. The van der Waals surface area contributed by atoms with E-state index in [0.717, 1.165) is 30.8 Å². The zero-order valence-corrected chi connectivity index (χ0v) is 16.5. The number of amides is 3. The van der Waals surface area contributed by atoms with E-state index in [1.807, 2.05) is 0 Å². The fourth-order valence-corrected chi connectivity index (χ4v) is 4.18. The summed E-state index contributed by atoms with van der Waals surface area (Å²) in [5.74, 6) is 0.0731. The quantitative estimate of drug-likeness (QED) is 0.765. The fraction of sp³-hybridized carbons (Fsp3) is 0.348. The number of piperidine rings is 1. The molecule has 6 nitrogen and oxygen atoms in total. The Labute approximate surface area is 170 Å². The monoisotopic (exact) mass is 391 g/mol. The van der Waals surface area contributed by atoms with Gasteiger partial charge in [0.1, 0.15) is 0 Å². The van der Waals surface area contributed by atoms with E-state index in [1.165, 1.54) is 0 Å². The molecule has 2 N–H and O–H groups in total. The van der Waals surface area contributed by atoms with Crippen LogP contribution in [-0.2, 0) is 4.79 Å².